The predicted octanol–water partition coefficient (Wildman–Crippen LogP) is -0.521. The van der Waals surface area contributed by atoms with E-state index in [1.807, 2.05) is 13.8 Å². The van der Waals surface area contributed by atoms with Crippen LogP contribution in [0.15, 0.2) is 5.16 Å². The number of nitrogens with zero attached hydrogens (tertiary/aromatic N) is 1. The Hall–Kier alpha value is -0.470. The van der Waals surface area contributed by atoms with Crippen molar-refractivity contribution >= 4 is 27.2 Å². The minimum absolute atomic E-state index is 0.113. The Balaban J connectivity index is 2.87. The van der Waals surface area contributed by atoms with Gasteiger partial charge in [0.05, 0.1) is 6.61 Å². The van der Waals surface area contributed by atoms with Crippen molar-refractivity contribution in [2.75, 3.05) is 6.61 Å². The van der Waals surface area contributed by atoms with E-state index in [9.17, 15) is 28.8 Å². The Morgan fingerprint density at radius 3 is 2.44 bits per heavy atom. The fourth-order valence-electron chi connectivity index (χ4n) is 2.09. The summed E-state index contributed by atoms with van der Waals surface area (Å²) < 4.78 is 39.4. The lowest BCUT2D eigenvalue weighted by Crippen LogP contribution is -2.57. The minimum atomic E-state index is -4.79. The minimum Gasteiger partial charge on any atom is -0.394 e. The quantitative estimate of drug-likeness (QED) is 0.154. The van der Waals surface area contributed by atoms with E-state index in [1.54, 1.807) is 0 Å². The summed E-state index contributed by atoms with van der Waals surface area (Å²) in [6.45, 7) is 3.39. The van der Waals surface area contributed by atoms with Crippen LogP contribution in [0.4, 0.5) is 0 Å². The maximum atomic E-state index is 10.7. The van der Waals surface area contributed by atoms with Crippen LogP contribution in [0.5, 0.6) is 0 Å². The lowest BCUT2D eigenvalue weighted by molar-refractivity contribution is -0.205. The Morgan fingerprint density at radius 1 is 1.28 bits per heavy atom. The summed E-state index contributed by atoms with van der Waals surface area (Å²) in [5.74, 6) is 0.311. The molecular formula is C13H25NO9S2. The predicted molar refractivity (Wildman–Crippen MR) is 90.1 cm³/mol. The molecule has 0 radical (unpaired) electrons. The smallest absolute Gasteiger partial charge is 0.394 e. The number of aliphatic hydroxyl groups is 4. The molecule has 0 spiro atoms. The van der Waals surface area contributed by atoms with E-state index in [2.05, 4.69) is 9.44 Å². The monoisotopic (exact) mass is 403 g/mol. The number of oxime groups is 1. The molecule has 0 aromatic carbocycles. The number of ether oxygens (including phenoxy) is 1. The molecule has 1 saturated heterocycles. The summed E-state index contributed by atoms with van der Waals surface area (Å²) in [5.41, 5.74) is -1.11. The van der Waals surface area contributed by atoms with Crippen molar-refractivity contribution in [3.8, 4) is 0 Å². The Bertz CT molecular complexity index is 540. The molecule has 0 aromatic rings. The molecule has 6 unspecified atom stereocenters. The highest BCUT2D eigenvalue weighted by molar-refractivity contribution is 8.14. The third-order valence-electron chi connectivity index (χ3n) is 3.88. The third-order valence-corrected chi connectivity index (χ3v) is 5.32. The van der Waals surface area contributed by atoms with Gasteiger partial charge in [0.1, 0.15) is 34.9 Å². The van der Waals surface area contributed by atoms with Gasteiger partial charge in [0.15, 0.2) is 0 Å². The van der Waals surface area contributed by atoms with Crippen molar-refractivity contribution in [2.45, 2.75) is 63.0 Å². The maximum Gasteiger partial charge on any atom is 0.466 e. The molecule has 0 aliphatic carbocycles. The van der Waals surface area contributed by atoms with Crippen LogP contribution in [-0.2, 0) is 19.4 Å². The summed E-state index contributed by atoms with van der Waals surface area (Å²) in [5, 5.41) is 42.2. The molecular weight excluding hydrogens is 378 g/mol. The van der Waals surface area contributed by atoms with E-state index in [4.69, 9.17) is 9.29 Å². The Kier molecular flexibility index (Phi) is 9.04. The normalized spacial score (nSPS) is 32.4. The summed E-state index contributed by atoms with van der Waals surface area (Å²) >= 11 is 0.787. The molecule has 0 aromatic heterocycles. The molecule has 6 atom stereocenters. The molecule has 0 bridgehead atoms. The molecule has 1 rings (SSSR count). The van der Waals surface area contributed by atoms with Crippen LogP contribution in [0.25, 0.3) is 0 Å². The zero-order chi connectivity index (χ0) is 19.2. The average molecular weight is 403 g/mol. The van der Waals surface area contributed by atoms with Crippen molar-refractivity contribution < 1.29 is 42.4 Å². The van der Waals surface area contributed by atoms with E-state index < -0.39 is 46.9 Å². The largest absolute Gasteiger partial charge is 0.466 e. The second kappa shape index (κ2) is 10.0. The van der Waals surface area contributed by atoms with Gasteiger partial charge >= 0.3 is 10.4 Å². The first-order valence-corrected chi connectivity index (χ1v) is 10.0. The molecule has 1 aliphatic heterocycles. The first kappa shape index (κ1) is 22.6. The third kappa shape index (κ3) is 7.35. The van der Waals surface area contributed by atoms with Crippen molar-refractivity contribution in [3.05, 3.63) is 0 Å². The molecule has 1 aliphatic rings. The van der Waals surface area contributed by atoms with Crippen LogP contribution in [0, 0.1) is 5.92 Å². The zero-order valence-corrected chi connectivity index (χ0v) is 15.6. The first-order valence-electron chi connectivity index (χ1n) is 7.79. The maximum absolute atomic E-state index is 10.7. The SMILES string of the molecule is CCC(C)CCC(=NOS(=O)(=O)O)SC1OC(CO)C(O)C(O)C1O. The van der Waals surface area contributed by atoms with Gasteiger partial charge in [0.2, 0.25) is 0 Å². The molecule has 0 saturated carbocycles. The van der Waals surface area contributed by atoms with Gasteiger partial charge in [-0.05, 0) is 18.8 Å². The van der Waals surface area contributed by atoms with Crippen LogP contribution in [-0.4, -0.2) is 74.9 Å². The topological polar surface area (TPSA) is 166 Å². The van der Waals surface area contributed by atoms with Crippen LogP contribution in [0.3, 0.4) is 0 Å². The van der Waals surface area contributed by atoms with E-state index in [0.717, 1.165) is 18.2 Å². The molecule has 25 heavy (non-hydrogen) atoms. The number of rotatable bonds is 8. The molecule has 148 valence electrons. The second-order valence-corrected chi connectivity index (χ2v) is 8.03. The second-order valence-electron chi connectivity index (χ2n) is 5.85. The molecule has 10 nitrogen and oxygen atoms in total. The molecule has 0 amide bonds. The fourth-order valence-corrected chi connectivity index (χ4v) is 3.40. The van der Waals surface area contributed by atoms with E-state index in [1.165, 1.54) is 0 Å². The number of thioether (sulfide) groups is 1. The molecule has 5 N–H and O–H groups in total. The van der Waals surface area contributed by atoms with Gasteiger partial charge in [-0.15, -0.1) is 0 Å². The fraction of sp³-hybridized carbons (Fsp3) is 0.923. The number of aliphatic hydroxyl groups excluding tert-OH is 4. The van der Waals surface area contributed by atoms with Crippen molar-refractivity contribution in [3.63, 3.8) is 0 Å². The van der Waals surface area contributed by atoms with E-state index in [0.29, 0.717) is 12.3 Å². The summed E-state index contributed by atoms with van der Waals surface area (Å²) in [4.78, 5) is 0. The van der Waals surface area contributed by atoms with Crippen LogP contribution < -0.4 is 0 Å². The van der Waals surface area contributed by atoms with Gasteiger partial charge in [-0.25, -0.2) is 4.28 Å². The highest BCUT2D eigenvalue weighted by Crippen LogP contribution is 2.31. The first-order chi connectivity index (χ1) is 11.6. The van der Waals surface area contributed by atoms with Gasteiger partial charge in [-0.3, -0.25) is 4.55 Å². The Morgan fingerprint density at radius 2 is 1.92 bits per heavy atom. The lowest BCUT2D eigenvalue weighted by Gasteiger charge is -2.39. The molecule has 1 fully saturated rings. The number of hydrogen-bond donors (Lipinski definition) is 5. The summed E-state index contributed by atoms with van der Waals surface area (Å²) in [6.07, 6.45) is -3.83. The van der Waals surface area contributed by atoms with Gasteiger partial charge < -0.3 is 25.2 Å². The van der Waals surface area contributed by atoms with E-state index >= 15 is 0 Å². The van der Waals surface area contributed by atoms with Gasteiger partial charge in [-0.2, -0.15) is 8.42 Å². The van der Waals surface area contributed by atoms with Crippen molar-refractivity contribution in [1.82, 2.24) is 0 Å². The van der Waals surface area contributed by atoms with Gasteiger partial charge in [0, 0.05) is 0 Å². The lowest BCUT2D eigenvalue weighted by atomic mass is 10.0. The molecule has 1 heterocycles. The van der Waals surface area contributed by atoms with Crippen LogP contribution in [0.2, 0.25) is 0 Å². The highest BCUT2D eigenvalue weighted by Gasteiger charge is 2.44. The highest BCUT2D eigenvalue weighted by atomic mass is 32.3. The van der Waals surface area contributed by atoms with Gasteiger partial charge in [-0.1, -0.05) is 37.2 Å². The standard InChI is InChI=1S/C13H25NO9S2/c1-3-7(2)4-5-9(14-23-25(19,20)21)24-13-12(18)11(17)10(16)8(6-15)22-13/h7-8,10-13,15-18H,3-6H2,1-2H3,(H,19,20,21). The van der Waals surface area contributed by atoms with Gasteiger partial charge in [0.25, 0.3) is 0 Å². The number of hydrogen-bond acceptors (Lipinski definition) is 10. The van der Waals surface area contributed by atoms with E-state index in [-0.39, 0.29) is 11.5 Å². The summed E-state index contributed by atoms with van der Waals surface area (Å²) in [6, 6.07) is 0. The zero-order valence-electron chi connectivity index (χ0n) is 13.9. The van der Waals surface area contributed by atoms with Crippen molar-refractivity contribution in [2.24, 2.45) is 11.1 Å². The van der Waals surface area contributed by atoms with Crippen molar-refractivity contribution in [1.29, 1.82) is 0 Å². The van der Waals surface area contributed by atoms with Crippen LogP contribution >= 0.6 is 11.8 Å². The molecule has 12 heteroatoms. The average Bonchev–Trinajstić information content (AvgIpc) is 2.56. The Labute approximate surface area is 150 Å². The summed E-state index contributed by atoms with van der Waals surface area (Å²) in [7, 11) is -4.79. The van der Waals surface area contributed by atoms with Crippen LogP contribution in [0.1, 0.15) is 33.1 Å².